The van der Waals surface area contributed by atoms with E-state index >= 15 is 0 Å². The summed E-state index contributed by atoms with van der Waals surface area (Å²) in [4.78, 5) is 40.0. The van der Waals surface area contributed by atoms with Crippen molar-refractivity contribution in [2.24, 2.45) is 0 Å². The van der Waals surface area contributed by atoms with Gasteiger partial charge >= 0.3 is 0 Å². The fourth-order valence-corrected chi connectivity index (χ4v) is 4.29. The predicted octanol–water partition coefficient (Wildman–Crippen LogP) is 1.39. The molecule has 0 aromatic heterocycles. The van der Waals surface area contributed by atoms with Crippen LogP contribution in [0.4, 0.5) is 8.78 Å². The van der Waals surface area contributed by atoms with Crippen LogP contribution in [0.2, 0.25) is 0 Å². The Morgan fingerprint density at radius 2 is 1.78 bits per heavy atom. The highest BCUT2D eigenvalue weighted by Crippen LogP contribution is 2.14. The van der Waals surface area contributed by atoms with E-state index in [-0.39, 0.29) is 43.4 Å². The number of nitrogens with one attached hydrogen (secondary N) is 2. The zero-order valence-electron chi connectivity index (χ0n) is 21.3. The van der Waals surface area contributed by atoms with Crippen molar-refractivity contribution in [1.29, 1.82) is 0 Å². The van der Waals surface area contributed by atoms with Crippen molar-refractivity contribution in [2.45, 2.75) is 51.4 Å². The third kappa shape index (κ3) is 7.80. The molecule has 0 radical (unpaired) electrons. The molecule has 1 saturated heterocycles. The van der Waals surface area contributed by atoms with E-state index in [1.807, 2.05) is 18.2 Å². The summed E-state index contributed by atoms with van der Waals surface area (Å²) < 4.78 is 27.5. The molecule has 0 spiro atoms. The van der Waals surface area contributed by atoms with Gasteiger partial charge in [-0.1, -0.05) is 31.2 Å². The van der Waals surface area contributed by atoms with Gasteiger partial charge in [0.25, 0.3) is 0 Å². The average molecular weight is 517 g/mol. The first-order valence-electron chi connectivity index (χ1n) is 12.3. The Morgan fingerprint density at radius 3 is 2.46 bits per heavy atom. The molecular formula is C27H34F2N4O4. The molecule has 10 heteroatoms. The summed E-state index contributed by atoms with van der Waals surface area (Å²) in [5.41, 5.74) is 2.48. The van der Waals surface area contributed by atoms with Crippen molar-refractivity contribution in [3.8, 4) is 0 Å². The molecule has 37 heavy (non-hydrogen) atoms. The van der Waals surface area contributed by atoms with Crippen molar-refractivity contribution in [3.05, 3.63) is 70.8 Å². The molecule has 8 nitrogen and oxygen atoms in total. The molecule has 3 rings (SSSR count). The van der Waals surface area contributed by atoms with Gasteiger partial charge in [0.15, 0.2) is 0 Å². The topological polar surface area (TPSA) is 102 Å². The van der Waals surface area contributed by atoms with Gasteiger partial charge in [-0.05, 0) is 48.6 Å². The molecular weight excluding hydrogens is 482 g/mol. The van der Waals surface area contributed by atoms with E-state index in [0.29, 0.717) is 6.54 Å². The van der Waals surface area contributed by atoms with Crippen LogP contribution in [-0.4, -0.2) is 77.5 Å². The maximum absolute atomic E-state index is 13.8. The van der Waals surface area contributed by atoms with E-state index in [1.165, 1.54) is 17.5 Å². The number of aliphatic hydroxyl groups excluding tert-OH is 1. The van der Waals surface area contributed by atoms with Crippen molar-refractivity contribution >= 4 is 17.7 Å². The second-order valence-corrected chi connectivity index (χ2v) is 9.40. The zero-order valence-corrected chi connectivity index (χ0v) is 21.3. The third-order valence-corrected chi connectivity index (χ3v) is 6.58. The number of carbonyl (C=O) groups is 3. The normalized spacial score (nSPS) is 17.6. The summed E-state index contributed by atoms with van der Waals surface area (Å²) in [5.74, 6) is -2.77. The van der Waals surface area contributed by atoms with Gasteiger partial charge in [0.05, 0.1) is 12.1 Å². The summed E-state index contributed by atoms with van der Waals surface area (Å²) in [6.07, 6.45) is -0.247. The van der Waals surface area contributed by atoms with E-state index in [2.05, 4.69) is 23.6 Å². The lowest BCUT2D eigenvalue weighted by atomic mass is 10.0. The summed E-state index contributed by atoms with van der Waals surface area (Å²) in [7, 11) is 1.53. The molecule has 3 N–H and O–H groups in total. The highest BCUT2D eigenvalue weighted by Gasteiger charge is 2.35. The molecule has 0 aliphatic carbocycles. The maximum Gasteiger partial charge on any atom is 0.246 e. The Bertz CT molecular complexity index is 1110. The number of likely N-dealkylation sites (N-methyl/N-ethyl adjacent to an activating group) is 1. The summed E-state index contributed by atoms with van der Waals surface area (Å²) in [6.45, 7) is 3.62. The van der Waals surface area contributed by atoms with Gasteiger partial charge in [0, 0.05) is 26.2 Å². The Labute approximate surface area is 215 Å². The first-order chi connectivity index (χ1) is 17.6. The van der Waals surface area contributed by atoms with Crippen LogP contribution in [-0.2, 0) is 33.8 Å². The van der Waals surface area contributed by atoms with Gasteiger partial charge in [-0.15, -0.1) is 0 Å². The largest absolute Gasteiger partial charge is 0.390 e. The number of piperazine rings is 1. The monoisotopic (exact) mass is 516 g/mol. The zero-order chi connectivity index (χ0) is 27.1. The molecule has 2 aromatic carbocycles. The number of rotatable bonds is 11. The molecule has 0 saturated carbocycles. The van der Waals surface area contributed by atoms with Crippen LogP contribution in [0.5, 0.6) is 0 Å². The lowest BCUT2D eigenvalue weighted by molar-refractivity contribution is -0.154. The fraction of sp³-hybridized carbons (Fsp3) is 0.444. The van der Waals surface area contributed by atoms with Crippen LogP contribution in [0.15, 0.2) is 42.5 Å². The van der Waals surface area contributed by atoms with E-state index in [1.54, 1.807) is 6.92 Å². The smallest absolute Gasteiger partial charge is 0.246 e. The van der Waals surface area contributed by atoms with E-state index in [4.69, 9.17) is 0 Å². The first kappa shape index (κ1) is 28.2. The van der Waals surface area contributed by atoms with Gasteiger partial charge in [0.1, 0.15) is 30.8 Å². The molecule has 1 aliphatic rings. The summed E-state index contributed by atoms with van der Waals surface area (Å²) >= 11 is 0. The van der Waals surface area contributed by atoms with Crippen LogP contribution in [0.25, 0.3) is 0 Å². The van der Waals surface area contributed by atoms with Crippen molar-refractivity contribution in [1.82, 2.24) is 20.4 Å². The van der Waals surface area contributed by atoms with E-state index in [9.17, 15) is 28.3 Å². The molecule has 1 aliphatic heterocycles. The number of aliphatic hydroxyl groups is 1. The highest BCUT2D eigenvalue weighted by atomic mass is 19.1. The number of carbonyl (C=O) groups excluding carboxylic acids is 3. The summed E-state index contributed by atoms with van der Waals surface area (Å²) in [6, 6.07) is 9.44. The second kappa shape index (κ2) is 12.7. The lowest BCUT2D eigenvalue weighted by Crippen LogP contribution is -2.60. The van der Waals surface area contributed by atoms with E-state index in [0.717, 1.165) is 35.1 Å². The van der Waals surface area contributed by atoms with Gasteiger partial charge in [0.2, 0.25) is 17.7 Å². The minimum Gasteiger partial charge on any atom is -0.390 e. The highest BCUT2D eigenvalue weighted by molar-refractivity contribution is 5.96. The van der Waals surface area contributed by atoms with Crippen LogP contribution in [0, 0.1) is 11.6 Å². The molecule has 3 atom stereocenters. The minimum absolute atomic E-state index is 0.0411. The maximum atomic E-state index is 13.8. The SMILES string of the molecule is CCc1cccc(CNCC(O)C(Cc2cc(F)cc(F)c2)NC(=O)CN2CC(=O)N(C)C(C)C2=O)c1. The Morgan fingerprint density at radius 1 is 1.11 bits per heavy atom. The van der Waals surface area contributed by atoms with Crippen molar-refractivity contribution in [3.63, 3.8) is 0 Å². The Kier molecular flexibility index (Phi) is 9.71. The Balaban J connectivity index is 1.67. The molecule has 1 heterocycles. The quantitative estimate of drug-likeness (QED) is 0.419. The van der Waals surface area contributed by atoms with Crippen LogP contribution in [0.3, 0.4) is 0 Å². The average Bonchev–Trinajstić information content (AvgIpc) is 2.85. The standard InChI is InChI=1S/C27H34F2N4O4/c1-4-18-6-5-7-19(8-18)13-30-14-24(34)23(11-20-9-21(28)12-22(29)10-20)31-25(35)15-33-16-26(36)32(3)17(2)27(33)37/h5-10,12,17,23-24,30,34H,4,11,13-16H2,1-3H3,(H,31,35). The number of nitrogens with zero attached hydrogens (tertiary/aromatic N) is 2. The molecule has 200 valence electrons. The van der Waals surface area contributed by atoms with Crippen LogP contribution in [0.1, 0.15) is 30.5 Å². The third-order valence-electron chi connectivity index (χ3n) is 6.58. The number of amides is 3. The second-order valence-electron chi connectivity index (χ2n) is 9.40. The molecule has 1 fully saturated rings. The minimum atomic E-state index is -1.10. The van der Waals surface area contributed by atoms with Gasteiger partial charge in [-0.25, -0.2) is 8.78 Å². The number of hydrogen-bond donors (Lipinski definition) is 3. The lowest BCUT2D eigenvalue weighted by Gasteiger charge is -2.36. The molecule has 2 aromatic rings. The van der Waals surface area contributed by atoms with Gasteiger partial charge < -0.3 is 25.5 Å². The number of hydrogen-bond acceptors (Lipinski definition) is 5. The predicted molar refractivity (Wildman–Crippen MR) is 134 cm³/mol. The van der Waals surface area contributed by atoms with Crippen molar-refractivity contribution < 1.29 is 28.3 Å². The summed E-state index contributed by atoms with van der Waals surface area (Å²) in [5, 5.41) is 16.8. The van der Waals surface area contributed by atoms with E-state index < -0.39 is 35.7 Å². The molecule has 3 unspecified atom stereocenters. The van der Waals surface area contributed by atoms with Gasteiger partial charge in [-0.3, -0.25) is 14.4 Å². The molecule has 0 bridgehead atoms. The number of benzene rings is 2. The van der Waals surface area contributed by atoms with Crippen molar-refractivity contribution in [2.75, 3.05) is 26.7 Å². The fourth-order valence-electron chi connectivity index (χ4n) is 4.29. The molecule has 3 amide bonds. The number of aryl methyl sites for hydroxylation is 1. The first-order valence-corrected chi connectivity index (χ1v) is 12.3. The van der Waals surface area contributed by atoms with Crippen LogP contribution < -0.4 is 10.6 Å². The van der Waals surface area contributed by atoms with Gasteiger partial charge in [-0.2, -0.15) is 0 Å². The van der Waals surface area contributed by atoms with Crippen LogP contribution >= 0.6 is 0 Å². The number of halogens is 2. The Hall–Kier alpha value is -3.37.